The summed E-state index contributed by atoms with van der Waals surface area (Å²) in [6, 6.07) is 10.3. The Morgan fingerprint density at radius 3 is 2.65 bits per heavy atom. The Kier molecular flexibility index (Phi) is 4.33. The van der Waals surface area contributed by atoms with Crippen LogP contribution in [0.15, 0.2) is 35.7 Å². The fourth-order valence-electron chi connectivity index (χ4n) is 2.66. The molecule has 0 amide bonds. The SMILES string of the molecule is NC(Cc1csc(N2CCCCC2)n1)c1ccccc1. The third kappa shape index (κ3) is 3.19. The van der Waals surface area contributed by atoms with Crippen molar-refractivity contribution >= 4 is 16.5 Å². The molecule has 0 saturated carbocycles. The predicted octanol–water partition coefficient (Wildman–Crippen LogP) is 3.38. The first-order valence-electron chi connectivity index (χ1n) is 7.33. The maximum Gasteiger partial charge on any atom is 0.185 e. The number of benzene rings is 1. The summed E-state index contributed by atoms with van der Waals surface area (Å²) in [4.78, 5) is 7.17. The lowest BCUT2D eigenvalue weighted by molar-refractivity contribution is 0.576. The van der Waals surface area contributed by atoms with Crippen LogP contribution in [0.4, 0.5) is 5.13 Å². The highest BCUT2D eigenvalue weighted by Gasteiger charge is 2.15. The van der Waals surface area contributed by atoms with Gasteiger partial charge in [-0.1, -0.05) is 30.3 Å². The molecular weight excluding hydrogens is 266 g/mol. The van der Waals surface area contributed by atoms with Gasteiger partial charge in [-0.25, -0.2) is 4.98 Å². The zero-order valence-corrected chi connectivity index (χ0v) is 12.5. The van der Waals surface area contributed by atoms with Crippen molar-refractivity contribution in [2.24, 2.45) is 5.73 Å². The second-order valence-electron chi connectivity index (χ2n) is 5.39. The Labute approximate surface area is 124 Å². The van der Waals surface area contributed by atoms with Gasteiger partial charge in [-0.2, -0.15) is 0 Å². The van der Waals surface area contributed by atoms with Crippen LogP contribution in [0, 0.1) is 0 Å². The minimum Gasteiger partial charge on any atom is -0.348 e. The van der Waals surface area contributed by atoms with Crippen molar-refractivity contribution in [3.8, 4) is 0 Å². The van der Waals surface area contributed by atoms with Crippen molar-refractivity contribution in [2.75, 3.05) is 18.0 Å². The molecule has 2 aromatic rings. The number of hydrogen-bond acceptors (Lipinski definition) is 4. The van der Waals surface area contributed by atoms with Crippen molar-refractivity contribution in [1.29, 1.82) is 0 Å². The summed E-state index contributed by atoms with van der Waals surface area (Å²) in [7, 11) is 0. The first-order valence-corrected chi connectivity index (χ1v) is 8.21. The van der Waals surface area contributed by atoms with Gasteiger partial charge in [0.2, 0.25) is 0 Å². The van der Waals surface area contributed by atoms with Gasteiger partial charge >= 0.3 is 0 Å². The van der Waals surface area contributed by atoms with E-state index < -0.39 is 0 Å². The second-order valence-corrected chi connectivity index (χ2v) is 6.23. The molecule has 0 radical (unpaired) electrons. The Hall–Kier alpha value is -1.39. The van der Waals surface area contributed by atoms with Crippen LogP contribution in [-0.2, 0) is 6.42 Å². The van der Waals surface area contributed by atoms with E-state index >= 15 is 0 Å². The molecule has 1 aromatic carbocycles. The van der Waals surface area contributed by atoms with Crippen molar-refractivity contribution in [2.45, 2.75) is 31.7 Å². The summed E-state index contributed by atoms with van der Waals surface area (Å²) in [5, 5.41) is 3.33. The molecular formula is C16H21N3S. The molecule has 0 spiro atoms. The highest BCUT2D eigenvalue weighted by atomic mass is 32.1. The van der Waals surface area contributed by atoms with Crippen molar-refractivity contribution in [1.82, 2.24) is 4.98 Å². The number of rotatable bonds is 4. The fourth-order valence-corrected chi connectivity index (χ4v) is 3.56. The molecule has 2 N–H and O–H groups in total. The largest absolute Gasteiger partial charge is 0.348 e. The number of aromatic nitrogens is 1. The molecule has 1 fully saturated rings. The van der Waals surface area contributed by atoms with Crippen LogP contribution in [-0.4, -0.2) is 18.1 Å². The minimum atomic E-state index is 0.0347. The first kappa shape index (κ1) is 13.6. The minimum absolute atomic E-state index is 0.0347. The van der Waals surface area contributed by atoms with Crippen molar-refractivity contribution in [3.63, 3.8) is 0 Å². The molecule has 1 atom stereocenters. The van der Waals surface area contributed by atoms with E-state index in [9.17, 15) is 0 Å². The third-order valence-electron chi connectivity index (χ3n) is 3.82. The molecule has 2 heterocycles. The Bertz CT molecular complexity index is 532. The van der Waals surface area contributed by atoms with Crippen LogP contribution < -0.4 is 10.6 Å². The van der Waals surface area contributed by atoms with Gasteiger partial charge in [-0.3, -0.25) is 0 Å². The fraction of sp³-hybridized carbons (Fsp3) is 0.438. The van der Waals surface area contributed by atoms with Crippen LogP contribution in [0.5, 0.6) is 0 Å². The van der Waals surface area contributed by atoms with E-state index in [0.29, 0.717) is 0 Å². The van der Waals surface area contributed by atoms with Gasteiger partial charge in [0.15, 0.2) is 5.13 Å². The lowest BCUT2D eigenvalue weighted by Gasteiger charge is -2.25. The van der Waals surface area contributed by atoms with E-state index in [-0.39, 0.29) is 6.04 Å². The summed E-state index contributed by atoms with van der Waals surface area (Å²) >= 11 is 1.75. The van der Waals surface area contributed by atoms with Gasteiger partial charge in [0.05, 0.1) is 5.69 Å². The zero-order valence-electron chi connectivity index (χ0n) is 11.7. The van der Waals surface area contributed by atoms with Gasteiger partial charge in [0.25, 0.3) is 0 Å². The molecule has 0 aliphatic carbocycles. The molecule has 4 heteroatoms. The highest BCUT2D eigenvalue weighted by molar-refractivity contribution is 7.13. The molecule has 3 rings (SSSR count). The van der Waals surface area contributed by atoms with Crippen LogP contribution in [0.2, 0.25) is 0 Å². The number of thiazole rings is 1. The number of nitrogens with two attached hydrogens (primary N) is 1. The Balaban J connectivity index is 1.65. The summed E-state index contributed by atoms with van der Waals surface area (Å²) in [5.74, 6) is 0. The second kappa shape index (κ2) is 6.37. The van der Waals surface area contributed by atoms with Gasteiger partial charge < -0.3 is 10.6 Å². The summed E-state index contributed by atoms with van der Waals surface area (Å²) in [5.41, 5.74) is 8.56. The molecule has 20 heavy (non-hydrogen) atoms. The lowest BCUT2D eigenvalue weighted by Crippen LogP contribution is -2.29. The van der Waals surface area contributed by atoms with E-state index in [1.54, 1.807) is 11.3 Å². The number of hydrogen-bond donors (Lipinski definition) is 1. The summed E-state index contributed by atoms with van der Waals surface area (Å²) < 4.78 is 0. The molecule has 0 bridgehead atoms. The first-order chi connectivity index (χ1) is 9.83. The monoisotopic (exact) mass is 287 g/mol. The zero-order chi connectivity index (χ0) is 13.8. The van der Waals surface area contributed by atoms with E-state index in [4.69, 9.17) is 10.7 Å². The van der Waals surface area contributed by atoms with E-state index in [1.807, 2.05) is 18.2 Å². The van der Waals surface area contributed by atoms with Crippen LogP contribution in [0.3, 0.4) is 0 Å². The molecule has 1 aliphatic heterocycles. The molecule has 3 nitrogen and oxygen atoms in total. The molecule has 1 unspecified atom stereocenters. The van der Waals surface area contributed by atoms with Crippen molar-refractivity contribution in [3.05, 3.63) is 47.0 Å². The number of piperidine rings is 1. The molecule has 1 aromatic heterocycles. The smallest absolute Gasteiger partial charge is 0.185 e. The van der Waals surface area contributed by atoms with Crippen LogP contribution >= 0.6 is 11.3 Å². The molecule has 106 valence electrons. The molecule has 1 aliphatic rings. The van der Waals surface area contributed by atoms with Gasteiger partial charge in [0, 0.05) is 30.9 Å². The Morgan fingerprint density at radius 2 is 1.90 bits per heavy atom. The van der Waals surface area contributed by atoms with E-state index in [2.05, 4.69) is 22.4 Å². The normalized spacial score (nSPS) is 17.1. The number of nitrogens with zero attached hydrogens (tertiary/aromatic N) is 2. The topological polar surface area (TPSA) is 42.1 Å². The maximum absolute atomic E-state index is 6.27. The van der Waals surface area contributed by atoms with Crippen LogP contribution in [0.1, 0.15) is 36.6 Å². The van der Waals surface area contributed by atoms with Gasteiger partial charge in [-0.15, -0.1) is 11.3 Å². The summed E-state index contributed by atoms with van der Waals surface area (Å²) in [6.45, 7) is 2.30. The van der Waals surface area contributed by atoms with E-state index in [0.717, 1.165) is 25.2 Å². The van der Waals surface area contributed by atoms with Gasteiger partial charge in [-0.05, 0) is 24.8 Å². The molecule has 1 saturated heterocycles. The highest BCUT2D eigenvalue weighted by Crippen LogP contribution is 2.26. The Morgan fingerprint density at radius 1 is 1.15 bits per heavy atom. The van der Waals surface area contributed by atoms with Crippen molar-refractivity contribution < 1.29 is 0 Å². The lowest BCUT2D eigenvalue weighted by atomic mass is 10.0. The standard InChI is InChI=1S/C16H21N3S/c17-15(13-7-3-1-4-8-13)11-14-12-20-16(18-14)19-9-5-2-6-10-19/h1,3-4,7-8,12,15H,2,5-6,9-11,17H2. The van der Waals surface area contributed by atoms with Gasteiger partial charge in [0.1, 0.15) is 0 Å². The average molecular weight is 287 g/mol. The predicted molar refractivity (Wildman–Crippen MR) is 85.3 cm³/mol. The third-order valence-corrected chi connectivity index (χ3v) is 4.77. The average Bonchev–Trinajstić information content (AvgIpc) is 2.97. The van der Waals surface area contributed by atoms with E-state index in [1.165, 1.54) is 30.0 Å². The number of anilines is 1. The summed E-state index contributed by atoms with van der Waals surface area (Å²) in [6.07, 6.45) is 4.75. The van der Waals surface area contributed by atoms with Crippen LogP contribution in [0.25, 0.3) is 0 Å². The maximum atomic E-state index is 6.27. The quantitative estimate of drug-likeness (QED) is 0.937.